The van der Waals surface area contributed by atoms with Crippen LogP contribution in [-0.2, 0) is 0 Å². The van der Waals surface area contributed by atoms with Gasteiger partial charge in [-0.05, 0) is 45.8 Å². The second kappa shape index (κ2) is 9.43. The Hall–Kier alpha value is -6.78. The highest BCUT2D eigenvalue weighted by atomic mass is 15.2. The van der Waals surface area contributed by atoms with Crippen LogP contribution in [0, 0.1) is 0 Å². The van der Waals surface area contributed by atoms with Crippen LogP contribution in [0.1, 0.15) is 0 Å². The van der Waals surface area contributed by atoms with E-state index in [0.29, 0.717) is 5.95 Å². The molecule has 0 aliphatic heterocycles. The maximum atomic E-state index is 5.48. The normalized spacial score (nSPS) is 12.4. The zero-order chi connectivity index (χ0) is 32.5. The fraction of sp³-hybridized carbons (Fsp3) is 0. The molecule has 4 heterocycles. The molecule has 12 rings (SSSR count). The molecule has 4 nitrogen and oxygen atoms in total. The predicted molar refractivity (Wildman–Crippen MR) is 209 cm³/mol. The van der Waals surface area contributed by atoms with Crippen molar-refractivity contribution >= 4 is 92.3 Å². The second-order valence-corrected chi connectivity index (χ2v) is 13.3. The molecule has 0 N–H and O–H groups in total. The van der Waals surface area contributed by atoms with Crippen molar-refractivity contribution in [2.24, 2.45) is 0 Å². The SMILES string of the molecule is c1ccc(-c2nc(-n3c4cccc5c6cccc7c8ccc9ccccc9c8n(c8cccc3c8c54)c67)nc3ccc4ccccc4c23)cc1. The van der Waals surface area contributed by atoms with Crippen LogP contribution < -0.4 is 0 Å². The summed E-state index contributed by atoms with van der Waals surface area (Å²) in [5, 5.41) is 13.3. The third kappa shape index (κ3) is 3.25. The summed E-state index contributed by atoms with van der Waals surface area (Å²) in [5.74, 6) is 0.669. The first-order chi connectivity index (χ1) is 24.8. The van der Waals surface area contributed by atoms with E-state index in [-0.39, 0.29) is 0 Å². The highest BCUT2D eigenvalue weighted by molar-refractivity contribution is 6.32. The topological polar surface area (TPSA) is 35.1 Å². The zero-order valence-corrected chi connectivity index (χ0v) is 26.8. The summed E-state index contributed by atoms with van der Waals surface area (Å²) in [4.78, 5) is 10.8. The van der Waals surface area contributed by atoms with Gasteiger partial charge in [0, 0.05) is 43.3 Å². The molecule has 8 aromatic carbocycles. The summed E-state index contributed by atoms with van der Waals surface area (Å²) in [6, 6.07) is 56.9. The summed E-state index contributed by atoms with van der Waals surface area (Å²) in [6.45, 7) is 0. The van der Waals surface area contributed by atoms with E-state index < -0.39 is 0 Å². The van der Waals surface area contributed by atoms with Crippen molar-refractivity contribution in [3.63, 3.8) is 0 Å². The lowest BCUT2D eigenvalue weighted by Crippen LogP contribution is -2.04. The lowest BCUT2D eigenvalue weighted by atomic mass is 10.0. The van der Waals surface area contributed by atoms with Crippen molar-refractivity contribution in [1.29, 1.82) is 0 Å². The van der Waals surface area contributed by atoms with Crippen LogP contribution >= 0.6 is 0 Å². The molecule has 230 valence electrons. The van der Waals surface area contributed by atoms with Crippen LogP contribution in [0.5, 0.6) is 0 Å². The smallest absolute Gasteiger partial charge is 0.235 e. The van der Waals surface area contributed by atoms with Gasteiger partial charge in [0.05, 0.1) is 38.8 Å². The maximum absolute atomic E-state index is 5.48. The minimum atomic E-state index is 0.669. The van der Waals surface area contributed by atoms with Crippen molar-refractivity contribution in [2.45, 2.75) is 0 Å². The van der Waals surface area contributed by atoms with E-state index in [1.807, 2.05) is 0 Å². The van der Waals surface area contributed by atoms with Gasteiger partial charge in [-0.25, -0.2) is 9.97 Å². The number of hydrogen-bond acceptors (Lipinski definition) is 2. The Labute approximate surface area is 285 Å². The lowest BCUT2D eigenvalue weighted by Gasteiger charge is -2.14. The quantitative estimate of drug-likeness (QED) is 0.177. The summed E-state index contributed by atoms with van der Waals surface area (Å²) in [6.07, 6.45) is 0. The van der Waals surface area contributed by atoms with Gasteiger partial charge in [-0.2, -0.15) is 0 Å². The van der Waals surface area contributed by atoms with Gasteiger partial charge in [0.1, 0.15) is 0 Å². The number of fused-ring (bicyclic) bond motifs is 10. The lowest BCUT2D eigenvalue weighted by molar-refractivity contribution is 1.01. The molecule has 4 heteroatoms. The first-order valence-electron chi connectivity index (χ1n) is 17.1. The highest BCUT2D eigenvalue weighted by Crippen LogP contribution is 2.45. The standard InChI is InChI=1S/C46H26N4/c1-2-13-29(14-3-1)43-40-30-15-6-4-11-27(30)24-26-36(40)47-46(48-43)49-37-20-9-17-32-33-18-8-19-34-35-25-23-28-12-5-7-16-31(28)44(35)50(45(33)34)39-22-10-21-38(49)42(39)41(32)37/h1-26H. The van der Waals surface area contributed by atoms with Crippen LogP contribution in [0.4, 0.5) is 0 Å². The molecule has 0 bridgehead atoms. The monoisotopic (exact) mass is 634 g/mol. The van der Waals surface area contributed by atoms with E-state index in [9.17, 15) is 0 Å². The molecule has 50 heavy (non-hydrogen) atoms. The molecule has 0 unspecified atom stereocenters. The minimum absolute atomic E-state index is 0.669. The molecule has 0 saturated carbocycles. The van der Waals surface area contributed by atoms with Crippen molar-refractivity contribution < 1.29 is 0 Å². The van der Waals surface area contributed by atoms with Crippen molar-refractivity contribution in [1.82, 2.24) is 18.9 Å². The molecule has 0 saturated heterocycles. The summed E-state index contributed by atoms with van der Waals surface area (Å²) >= 11 is 0. The molecule has 4 aromatic heterocycles. The fourth-order valence-corrected chi connectivity index (χ4v) is 8.80. The second-order valence-electron chi connectivity index (χ2n) is 13.3. The molecule has 0 fully saturated rings. The molecule has 0 spiro atoms. The van der Waals surface area contributed by atoms with Crippen molar-refractivity contribution in [3.8, 4) is 17.2 Å². The highest BCUT2D eigenvalue weighted by Gasteiger charge is 2.24. The van der Waals surface area contributed by atoms with E-state index in [4.69, 9.17) is 9.97 Å². The summed E-state index contributed by atoms with van der Waals surface area (Å²) < 4.78 is 4.81. The molecule has 0 aliphatic rings. The third-order valence-electron chi connectivity index (χ3n) is 10.8. The van der Waals surface area contributed by atoms with E-state index >= 15 is 0 Å². The number of hydrogen-bond donors (Lipinski definition) is 0. The Bertz CT molecular complexity index is 3370. The van der Waals surface area contributed by atoms with Crippen LogP contribution in [0.2, 0.25) is 0 Å². The van der Waals surface area contributed by atoms with Crippen LogP contribution in [0.15, 0.2) is 158 Å². The fourth-order valence-electron chi connectivity index (χ4n) is 8.80. The number of nitrogens with zero attached hydrogens (tertiary/aromatic N) is 4. The molecular formula is C46H26N4. The maximum Gasteiger partial charge on any atom is 0.235 e. The first-order valence-corrected chi connectivity index (χ1v) is 17.1. The van der Waals surface area contributed by atoms with Crippen molar-refractivity contribution in [2.75, 3.05) is 0 Å². The molecule has 0 radical (unpaired) electrons. The number of para-hydroxylation sites is 1. The minimum Gasteiger partial charge on any atom is -0.307 e. The van der Waals surface area contributed by atoms with Gasteiger partial charge in [-0.1, -0.05) is 133 Å². The number of aromatic nitrogens is 4. The van der Waals surface area contributed by atoms with Crippen LogP contribution in [0.25, 0.3) is 110 Å². The Morgan fingerprint density at radius 1 is 0.360 bits per heavy atom. The first kappa shape index (κ1) is 26.2. The average Bonchev–Trinajstić information content (AvgIpc) is 3.67. The molecule has 12 aromatic rings. The molecule has 0 aliphatic carbocycles. The van der Waals surface area contributed by atoms with Gasteiger partial charge in [0.25, 0.3) is 0 Å². The van der Waals surface area contributed by atoms with Crippen LogP contribution in [0.3, 0.4) is 0 Å². The van der Waals surface area contributed by atoms with E-state index in [2.05, 4.69) is 167 Å². The third-order valence-corrected chi connectivity index (χ3v) is 10.8. The molecule has 0 atom stereocenters. The average molecular weight is 635 g/mol. The van der Waals surface area contributed by atoms with E-state index in [0.717, 1.165) is 38.6 Å². The van der Waals surface area contributed by atoms with Crippen LogP contribution in [-0.4, -0.2) is 18.9 Å². The number of rotatable bonds is 2. The molecule has 0 amide bonds. The summed E-state index contributed by atoms with van der Waals surface area (Å²) in [5.41, 5.74) is 8.79. The Morgan fingerprint density at radius 2 is 0.940 bits per heavy atom. The van der Waals surface area contributed by atoms with Gasteiger partial charge < -0.3 is 4.40 Å². The Balaban J connectivity index is 1.31. The van der Waals surface area contributed by atoms with Gasteiger partial charge in [0.15, 0.2) is 0 Å². The molecular weight excluding hydrogens is 609 g/mol. The Kier molecular flexibility index (Phi) is 4.94. The van der Waals surface area contributed by atoms with E-state index in [1.165, 1.54) is 65.0 Å². The largest absolute Gasteiger partial charge is 0.307 e. The zero-order valence-electron chi connectivity index (χ0n) is 26.8. The number of benzene rings is 8. The van der Waals surface area contributed by atoms with Gasteiger partial charge in [-0.3, -0.25) is 4.57 Å². The predicted octanol–water partition coefficient (Wildman–Crippen LogP) is 11.9. The Morgan fingerprint density at radius 3 is 1.80 bits per heavy atom. The van der Waals surface area contributed by atoms with Gasteiger partial charge in [0.2, 0.25) is 5.95 Å². The van der Waals surface area contributed by atoms with Gasteiger partial charge in [-0.15, -0.1) is 0 Å². The summed E-state index contributed by atoms with van der Waals surface area (Å²) in [7, 11) is 0. The van der Waals surface area contributed by atoms with Gasteiger partial charge >= 0.3 is 0 Å². The van der Waals surface area contributed by atoms with E-state index in [1.54, 1.807) is 0 Å². The van der Waals surface area contributed by atoms with Crippen molar-refractivity contribution in [3.05, 3.63) is 158 Å².